The first-order valence-corrected chi connectivity index (χ1v) is 12.9. The molecule has 2 rings (SSSR count). The molecular formula is C30H43N3O5. The third-order valence-corrected chi connectivity index (χ3v) is 5.56. The third kappa shape index (κ3) is 9.39. The van der Waals surface area contributed by atoms with Crippen molar-refractivity contribution in [1.82, 2.24) is 15.5 Å². The molecule has 8 nitrogen and oxygen atoms in total. The Morgan fingerprint density at radius 2 is 1.58 bits per heavy atom. The molecule has 0 spiro atoms. The molecular weight excluding hydrogens is 482 g/mol. The molecule has 0 saturated heterocycles. The van der Waals surface area contributed by atoms with Gasteiger partial charge in [0, 0.05) is 18.0 Å². The second-order valence-corrected chi connectivity index (χ2v) is 12.0. The van der Waals surface area contributed by atoms with E-state index in [-0.39, 0.29) is 24.1 Å². The summed E-state index contributed by atoms with van der Waals surface area (Å²) in [5.74, 6) is -0.640. The fraction of sp³-hybridized carbons (Fsp3) is 0.500. The van der Waals surface area contributed by atoms with E-state index in [0.29, 0.717) is 5.56 Å². The lowest BCUT2D eigenvalue weighted by Crippen LogP contribution is -2.57. The number of alkyl carbamates (subject to hydrolysis) is 1. The number of nitrogens with zero attached hydrogens (tertiary/aromatic N) is 1. The van der Waals surface area contributed by atoms with Gasteiger partial charge in [-0.05, 0) is 85.6 Å². The van der Waals surface area contributed by atoms with Crippen molar-refractivity contribution in [2.24, 2.45) is 0 Å². The highest BCUT2D eigenvalue weighted by Crippen LogP contribution is 2.27. The Balaban J connectivity index is 2.56. The molecule has 2 atom stereocenters. The lowest BCUT2D eigenvalue weighted by Gasteiger charge is -2.38. The molecule has 38 heavy (non-hydrogen) atoms. The van der Waals surface area contributed by atoms with Crippen LogP contribution in [0.25, 0.3) is 0 Å². The Hall–Kier alpha value is -3.55. The molecule has 3 N–H and O–H groups in total. The van der Waals surface area contributed by atoms with Crippen molar-refractivity contribution in [3.63, 3.8) is 0 Å². The van der Waals surface area contributed by atoms with Gasteiger partial charge >= 0.3 is 6.09 Å². The Kier molecular flexibility index (Phi) is 9.95. The minimum absolute atomic E-state index is 0.0962. The van der Waals surface area contributed by atoms with Crippen LogP contribution in [0.2, 0.25) is 0 Å². The number of nitrogens with one attached hydrogen (secondary N) is 2. The molecule has 3 amide bonds. The number of amides is 3. The van der Waals surface area contributed by atoms with Gasteiger partial charge in [-0.2, -0.15) is 0 Å². The van der Waals surface area contributed by atoms with Crippen molar-refractivity contribution in [3.05, 3.63) is 65.2 Å². The minimum Gasteiger partial charge on any atom is -0.508 e. The van der Waals surface area contributed by atoms with Gasteiger partial charge in [0.2, 0.25) is 11.8 Å². The van der Waals surface area contributed by atoms with Crippen molar-refractivity contribution >= 4 is 17.9 Å². The number of aryl methyl sites for hydroxylation is 1. The molecule has 0 fully saturated rings. The number of ether oxygens (including phenoxy) is 1. The number of phenolic OH excluding ortho intramolecular Hbond substituents is 1. The Morgan fingerprint density at radius 1 is 0.974 bits per heavy atom. The van der Waals surface area contributed by atoms with E-state index in [1.165, 1.54) is 17.0 Å². The molecule has 0 saturated carbocycles. The SMILES string of the molecule is Cc1cccc(C(C(=O)NC(C)(C)C)N(C(=O)C(Cc2ccc(O)cc2)NC(=O)OC(C)(C)C)C(C)C)c1. The number of phenols is 1. The fourth-order valence-electron chi connectivity index (χ4n) is 4.09. The maximum Gasteiger partial charge on any atom is 0.408 e. The predicted molar refractivity (Wildman–Crippen MR) is 149 cm³/mol. The fourth-order valence-corrected chi connectivity index (χ4v) is 4.09. The van der Waals surface area contributed by atoms with E-state index in [1.54, 1.807) is 32.9 Å². The van der Waals surface area contributed by atoms with Crippen LogP contribution >= 0.6 is 0 Å². The smallest absolute Gasteiger partial charge is 0.408 e. The summed E-state index contributed by atoms with van der Waals surface area (Å²) in [5, 5.41) is 15.5. The van der Waals surface area contributed by atoms with Crippen LogP contribution in [0.15, 0.2) is 48.5 Å². The molecule has 2 aromatic rings. The van der Waals surface area contributed by atoms with Gasteiger partial charge < -0.3 is 25.4 Å². The zero-order chi connectivity index (χ0) is 28.8. The monoisotopic (exact) mass is 525 g/mol. The Morgan fingerprint density at radius 3 is 2.08 bits per heavy atom. The Bertz CT molecular complexity index is 1110. The van der Waals surface area contributed by atoms with Crippen LogP contribution in [0.4, 0.5) is 4.79 Å². The molecule has 208 valence electrons. The summed E-state index contributed by atoms with van der Waals surface area (Å²) < 4.78 is 5.45. The van der Waals surface area contributed by atoms with Gasteiger partial charge in [0.15, 0.2) is 0 Å². The molecule has 8 heteroatoms. The first kappa shape index (κ1) is 30.7. The topological polar surface area (TPSA) is 108 Å². The molecule has 0 radical (unpaired) electrons. The number of aromatic hydroxyl groups is 1. The standard InChI is InChI=1S/C30H43N3O5/c1-19(2)33(25(26(35)32-29(4,5)6)22-12-10-11-20(3)17-22)27(36)24(31-28(37)38-30(7,8)9)18-21-13-15-23(34)16-14-21/h10-17,19,24-25,34H,18H2,1-9H3,(H,31,37)(H,32,35). The van der Waals surface area contributed by atoms with E-state index in [0.717, 1.165) is 11.1 Å². The van der Waals surface area contributed by atoms with E-state index in [2.05, 4.69) is 10.6 Å². The zero-order valence-electron chi connectivity index (χ0n) is 24.1. The first-order chi connectivity index (χ1) is 17.5. The number of hydrogen-bond donors (Lipinski definition) is 3. The van der Waals surface area contributed by atoms with Crippen LogP contribution < -0.4 is 10.6 Å². The van der Waals surface area contributed by atoms with E-state index in [4.69, 9.17) is 4.74 Å². The predicted octanol–water partition coefficient (Wildman–Crippen LogP) is 5.03. The molecule has 2 aromatic carbocycles. The first-order valence-electron chi connectivity index (χ1n) is 12.9. The summed E-state index contributed by atoms with van der Waals surface area (Å²) in [5.41, 5.74) is 1.08. The average Bonchev–Trinajstić information content (AvgIpc) is 2.75. The lowest BCUT2D eigenvalue weighted by molar-refractivity contribution is -0.145. The van der Waals surface area contributed by atoms with E-state index in [9.17, 15) is 19.5 Å². The van der Waals surface area contributed by atoms with Gasteiger partial charge in [-0.3, -0.25) is 9.59 Å². The van der Waals surface area contributed by atoms with Crippen LogP contribution in [0, 0.1) is 6.92 Å². The maximum atomic E-state index is 14.3. The summed E-state index contributed by atoms with van der Waals surface area (Å²) >= 11 is 0. The summed E-state index contributed by atoms with van der Waals surface area (Å²) in [6.45, 7) is 16.5. The van der Waals surface area contributed by atoms with Crippen LogP contribution in [0.1, 0.15) is 78.1 Å². The number of carbonyl (C=O) groups excluding carboxylic acids is 3. The van der Waals surface area contributed by atoms with Crippen LogP contribution in [-0.2, 0) is 20.7 Å². The van der Waals surface area contributed by atoms with Gasteiger partial charge in [0.05, 0.1) is 0 Å². The highest BCUT2D eigenvalue weighted by Gasteiger charge is 2.38. The van der Waals surface area contributed by atoms with Crippen molar-refractivity contribution < 1.29 is 24.2 Å². The summed E-state index contributed by atoms with van der Waals surface area (Å²) in [4.78, 5) is 42.3. The quantitative estimate of drug-likeness (QED) is 0.448. The average molecular weight is 526 g/mol. The molecule has 0 heterocycles. The highest BCUT2D eigenvalue weighted by molar-refractivity contribution is 5.92. The molecule has 0 aliphatic heterocycles. The van der Waals surface area contributed by atoms with Gasteiger partial charge in [0.25, 0.3) is 0 Å². The van der Waals surface area contributed by atoms with Gasteiger partial charge in [-0.1, -0.05) is 42.0 Å². The van der Waals surface area contributed by atoms with Crippen molar-refractivity contribution in [2.75, 3.05) is 0 Å². The molecule has 0 aliphatic carbocycles. The van der Waals surface area contributed by atoms with E-state index in [1.807, 2.05) is 65.8 Å². The number of hydrogen-bond acceptors (Lipinski definition) is 5. The molecule has 0 aromatic heterocycles. The number of rotatable bonds is 8. The lowest BCUT2D eigenvalue weighted by atomic mass is 9.97. The number of benzene rings is 2. The zero-order valence-corrected chi connectivity index (χ0v) is 24.1. The van der Waals surface area contributed by atoms with Crippen molar-refractivity contribution in [2.45, 2.75) is 98.0 Å². The molecule has 2 unspecified atom stereocenters. The van der Waals surface area contributed by atoms with E-state index < -0.39 is 35.2 Å². The normalized spacial score (nSPS) is 13.4. The van der Waals surface area contributed by atoms with Crippen LogP contribution in [-0.4, -0.2) is 51.1 Å². The second-order valence-electron chi connectivity index (χ2n) is 12.0. The van der Waals surface area contributed by atoms with Crippen molar-refractivity contribution in [1.29, 1.82) is 0 Å². The van der Waals surface area contributed by atoms with Crippen LogP contribution in [0.3, 0.4) is 0 Å². The van der Waals surface area contributed by atoms with Gasteiger partial charge in [0.1, 0.15) is 23.4 Å². The highest BCUT2D eigenvalue weighted by atomic mass is 16.6. The maximum absolute atomic E-state index is 14.3. The number of carbonyl (C=O) groups is 3. The van der Waals surface area contributed by atoms with Gasteiger partial charge in [-0.25, -0.2) is 4.79 Å². The third-order valence-electron chi connectivity index (χ3n) is 5.56. The summed E-state index contributed by atoms with van der Waals surface area (Å²) in [7, 11) is 0. The summed E-state index contributed by atoms with van der Waals surface area (Å²) in [6, 6.07) is 11.6. The largest absolute Gasteiger partial charge is 0.508 e. The summed E-state index contributed by atoms with van der Waals surface area (Å²) in [6.07, 6.45) is -0.590. The van der Waals surface area contributed by atoms with Gasteiger partial charge in [-0.15, -0.1) is 0 Å². The molecule has 0 bridgehead atoms. The minimum atomic E-state index is -1.02. The van der Waals surface area contributed by atoms with E-state index >= 15 is 0 Å². The molecule has 0 aliphatic rings. The Labute approximate surface area is 226 Å². The second kappa shape index (κ2) is 12.3. The van der Waals surface area contributed by atoms with Crippen LogP contribution in [0.5, 0.6) is 5.75 Å². The van der Waals surface area contributed by atoms with Crippen molar-refractivity contribution in [3.8, 4) is 5.75 Å².